The molecule has 0 aromatic heterocycles. The van der Waals surface area contributed by atoms with E-state index in [1.54, 1.807) is 0 Å². The van der Waals surface area contributed by atoms with Crippen LogP contribution in [0.5, 0.6) is 0 Å². The summed E-state index contributed by atoms with van der Waals surface area (Å²) >= 11 is 0. The fourth-order valence-corrected chi connectivity index (χ4v) is 3.78. The van der Waals surface area contributed by atoms with Crippen molar-refractivity contribution in [2.24, 2.45) is 0 Å². The molecule has 0 bridgehead atoms. The van der Waals surface area contributed by atoms with E-state index < -0.39 is 10.0 Å². The highest BCUT2D eigenvalue weighted by Crippen LogP contribution is 2.25. The van der Waals surface area contributed by atoms with E-state index in [1.165, 1.54) is 0 Å². The molecule has 5 heteroatoms. The van der Waals surface area contributed by atoms with Crippen LogP contribution in [-0.2, 0) is 14.8 Å². The van der Waals surface area contributed by atoms with E-state index in [0.717, 1.165) is 27.8 Å². The summed E-state index contributed by atoms with van der Waals surface area (Å²) in [6, 6.07) is 2.01. The van der Waals surface area contributed by atoms with Crippen molar-refractivity contribution in [3.05, 3.63) is 40.5 Å². The van der Waals surface area contributed by atoms with Crippen molar-refractivity contribution < 1.29 is 13.2 Å². The predicted molar refractivity (Wildman–Crippen MR) is 86.2 cm³/mol. The Hall–Kier alpha value is -1.17. The SMILES string of the molecule is C=C(C)COCCNS(=O)(=O)c1c(C)c(C)cc(C)c1C. The van der Waals surface area contributed by atoms with Crippen LogP contribution in [0.4, 0.5) is 0 Å². The average Bonchev–Trinajstić information content (AvgIpc) is 2.35. The van der Waals surface area contributed by atoms with Gasteiger partial charge in [0.2, 0.25) is 10.0 Å². The lowest BCUT2D eigenvalue weighted by Gasteiger charge is -2.16. The fraction of sp³-hybridized carbons (Fsp3) is 0.500. The minimum absolute atomic E-state index is 0.251. The van der Waals surface area contributed by atoms with Gasteiger partial charge in [-0.2, -0.15) is 0 Å². The highest BCUT2D eigenvalue weighted by Gasteiger charge is 2.21. The monoisotopic (exact) mass is 311 g/mol. The third-order valence-corrected chi connectivity index (χ3v) is 5.19. The topological polar surface area (TPSA) is 55.4 Å². The van der Waals surface area contributed by atoms with E-state index >= 15 is 0 Å². The van der Waals surface area contributed by atoms with Gasteiger partial charge in [-0.1, -0.05) is 18.2 Å². The molecule has 0 unspecified atom stereocenters. The van der Waals surface area contributed by atoms with E-state index in [2.05, 4.69) is 11.3 Å². The lowest BCUT2D eigenvalue weighted by atomic mass is 10.0. The van der Waals surface area contributed by atoms with Crippen molar-refractivity contribution in [3.63, 3.8) is 0 Å². The molecule has 0 saturated carbocycles. The van der Waals surface area contributed by atoms with Crippen molar-refractivity contribution >= 4 is 10.0 Å². The van der Waals surface area contributed by atoms with Gasteiger partial charge < -0.3 is 4.74 Å². The van der Waals surface area contributed by atoms with Crippen LogP contribution in [0.15, 0.2) is 23.1 Å². The van der Waals surface area contributed by atoms with Gasteiger partial charge >= 0.3 is 0 Å². The van der Waals surface area contributed by atoms with Gasteiger partial charge in [-0.25, -0.2) is 13.1 Å². The van der Waals surface area contributed by atoms with Gasteiger partial charge in [0.15, 0.2) is 0 Å². The molecule has 0 aliphatic heterocycles. The molecule has 1 aromatic carbocycles. The Morgan fingerprint density at radius 3 is 2.19 bits per heavy atom. The number of benzene rings is 1. The van der Waals surface area contributed by atoms with Crippen LogP contribution in [0.25, 0.3) is 0 Å². The number of ether oxygens (including phenoxy) is 1. The Labute approximate surface area is 128 Å². The molecule has 0 saturated heterocycles. The first-order valence-electron chi connectivity index (χ1n) is 6.96. The molecule has 1 N–H and O–H groups in total. The molecular formula is C16H25NO3S. The van der Waals surface area contributed by atoms with Crippen LogP contribution in [0.1, 0.15) is 29.2 Å². The maximum absolute atomic E-state index is 12.5. The fourth-order valence-electron chi connectivity index (χ4n) is 2.15. The van der Waals surface area contributed by atoms with Gasteiger partial charge in [0.25, 0.3) is 0 Å². The first-order valence-corrected chi connectivity index (χ1v) is 8.44. The van der Waals surface area contributed by atoms with Crippen molar-refractivity contribution in [2.45, 2.75) is 39.5 Å². The van der Waals surface area contributed by atoms with E-state index in [0.29, 0.717) is 18.1 Å². The Balaban J connectivity index is 2.87. The highest BCUT2D eigenvalue weighted by molar-refractivity contribution is 7.89. The van der Waals surface area contributed by atoms with Crippen molar-refractivity contribution in [3.8, 4) is 0 Å². The molecule has 0 aliphatic rings. The first kappa shape index (κ1) is 17.9. The molecule has 0 spiro atoms. The van der Waals surface area contributed by atoms with E-state index in [-0.39, 0.29) is 6.54 Å². The van der Waals surface area contributed by atoms with Crippen LogP contribution >= 0.6 is 0 Å². The van der Waals surface area contributed by atoms with Crippen molar-refractivity contribution in [1.82, 2.24) is 4.72 Å². The normalized spacial score (nSPS) is 11.7. The van der Waals surface area contributed by atoms with Crippen molar-refractivity contribution in [2.75, 3.05) is 19.8 Å². The summed E-state index contributed by atoms with van der Waals surface area (Å²) in [4.78, 5) is 0.389. The van der Waals surface area contributed by atoms with Gasteiger partial charge in [-0.15, -0.1) is 0 Å². The molecule has 4 nitrogen and oxygen atoms in total. The van der Waals surface area contributed by atoms with Crippen LogP contribution in [0.3, 0.4) is 0 Å². The summed E-state index contributed by atoms with van der Waals surface area (Å²) in [5, 5.41) is 0. The largest absolute Gasteiger partial charge is 0.376 e. The molecular weight excluding hydrogens is 286 g/mol. The van der Waals surface area contributed by atoms with Crippen molar-refractivity contribution in [1.29, 1.82) is 0 Å². The number of hydrogen-bond acceptors (Lipinski definition) is 3. The second-order valence-corrected chi connectivity index (χ2v) is 7.20. The molecule has 118 valence electrons. The standard InChI is InChI=1S/C16H25NO3S/c1-11(2)10-20-8-7-17-21(18,19)16-14(5)12(3)9-13(4)15(16)6/h9,17H,1,7-8,10H2,2-6H3. The predicted octanol–water partition coefficient (Wildman–Crippen LogP) is 2.79. The lowest BCUT2D eigenvalue weighted by molar-refractivity contribution is 0.162. The summed E-state index contributed by atoms with van der Waals surface area (Å²) in [7, 11) is -3.52. The van der Waals surface area contributed by atoms with Gasteiger partial charge in [0.05, 0.1) is 18.1 Å². The number of rotatable bonds is 7. The summed E-state index contributed by atoms with van der Waals surface area (Å²) in [6.45, 7) is 14.2. The zero-order valence-electron chi connectivity index (χ0n) is 13.5. The van der Waals surface area contributed by atoms with E-state index in [9.17, 15) is 8.42 Å². The lowest BCUT2D eigenvalue weighted by Crippen LogP contribution is -2.29. The molecule has 21 heavy (non-hydrogen) atoms. The first-order chi connectivity index (χ1) is 9.66. The molecule has 0 amide bonds. The third-order valence-electron chi connectivity index (χ3n) is 3.45. The minimum atomic E-state index is -3.52. The molecule has 0 radical (unpaired) electrons. The summed E-state index contributed by atoms with van der Waals surface area (Å²) in [5.41, 5.74) is 4.48. The Kier molecular flexibility index (Phi) is 6.13. The molecule has 0 aliphatic carbocycles. The summed E-state index contributed by atoms with van der Waals surface area (Å²) in [5.74, 6) is 0. The second-order valence-electron chi connectivity index (χ2n) is 5.50. The highest BCUT2D eigenvalue weighted by atomic mass is 32.2. The number of hydrogen-bond donors (Lipinski definition) is 1. The number of sulfonamides is 1. The number of aryl methyl sites for hydroxylation is 2. The zero-order chi connectivity index (χ0) is 16.2. The molecule has 1 aromatic rings. The quantitative estimate of drug-likeness (QED) is 0.622. The maximum Gasteiger partial charge on any atom is 0.241 e. The van der Waals surface area contributed by atoms with Crippen LogP contribution in [-0.4, -0.2) is 28.2 Å². The van der Waals surface area contributed by atoms with Gasteiger partial charge in [-0.05, 0) is 56.9 Å². The van der Waals surface area contributed by atoms with Crippen LogP contribution in [0, 0.1) is 27.7 Å². The molecule has 0 atom stereocenters. The molecule has 1 rings (SSSR count). The van der Waals surface area contributed by atoms with Crippen LogP contribution < -0.4 is 4.72 Å². The Morgan fingerprint density at radius 2 is 1.71 bits per heavy atom. The third kappa shape index (κ3) is 4.66. The van der Waals surface area contributed by atoms with Gasteiger partial charge in [0.1, 0.15) is 0 Å². The summed E-state index contributed by atoms with van der Waals surface area (Å²) in [6.07, 6.45) is 0. The Bertz CT molecular complexity index is 607. The maximum atomic E-state index is 12.5. The second kappa shape index (κ2) is 7.20. The van der Waals surface area contributed by atoms with Crippen LogP contribution in [0.2, 0.25) is 0 Å². The average molecular weight is 311 g/mol. The van der Waals surface area contributed by atoms with E-state index in [4.69, 9.17) is 4.74 Å². The Morgan fingerprint density at radius 1 is 1.19 bits per heavy atom. The zero-order valence-corrected chi connectivity index (χ0v) is 14.4. The van der Waals surface area contributed by atoms with Gasteiger partial charge in [-0.3, -0.25) is 0 Å². The smallest absolute Gasteiger partial charge is 0.241 e. The number of nitrogens with one attached hydrogen (secondary N) is 1. The summed E-state index contributed by atoms with van der Waals surface area (Å²) < 4.78 is 32.9. The molecule has 0 fully saturated rings. The van der Waals surface area contributed by atoms with Gasteiger partial charge in [0, 0.05) is 6.54 Å². The molecule has 0 heterocycles. The minimum Gasteiger partial charge on any atom is -0.376 e. The van der Waals surface area contributed by atoms with E-state index in [1.807, 2.05) is 40.7 Å².